The maximum absolute atomic E-state index is 13.3. The van der Waals surface area contributed by atoms with Crippen LogP contribution in [0, 0.1) is 17.8 Å². The lowest BCUT2D eigenvalue weighted by molar-refractivity contribution is -0.113. The predicted molar refractivity (Wildman–Crippen MR) is 146 cm³/mol. The van der Waals surface area contributed by atoms with Gasteiger partial charge in [0, 0.05) is 27.3 Å². The fourth-order valence-corrected chi connectivity index (χ4v) is 6.82. The van der Waals surface area contributed by atoms with E-state index in [1.165, 1.54) is 17.3 Å². The number of pyridine rings is 1. The summed E-state index contributed by atoms with van der Waals surface area (Å²) in [5.74, 6) is 3.37. The number of benzene rings is 2. The second-order valence-electron chi connectivity index (χ2n) is 10.7. The summed E-state index contributed by atoms with van der Waals surface area (Å²) in [7, 11) is 0. The van der Waals surface area contributed by atoms with Gasteiger partial charge in [-0.25, -0.2) is 0 Å². The Bertz CT molecular complexity index is 1360. The van der Waals surface area contributed by atoms with Gasteiger partial charge in [0.25, 0.3) is 0 Å². The van der Waals surface area contributed by atoms with E-state index < -0.39 is 0 Å². The third-order valence-corrected chi connectivity index (χ3v) is 8.98. The van der Waals surface area contributed by atoms with Crippen LogP contribution in [-0.2, 0) is 11.2 Å². The third-order valence-electron chi connectivity index (χ3n) is 7.91. The molecule has 1 fully saturated rings. The van der Waals surface area contributed by atoms with E-state index >= 15 is 0 Å². The molecule has 0 saturated heterocycles. The van der Waals surface area contributed by atoms with Gasteiger partial charge in [0.1, 0.15) is 11.5 Å². The Morgan fingerprint density at radius 3 is 2.76 bits per heavy atom. The minimum atomic E-state index is -0.00823. The lowest BCUT2D eigenvalue weighted by atomic mass is 9.72. The van der Waals surface area contributed by atoms with Gasteiger partial charge in [-0.1, -0.05) is 6.07 Å². The number of carbonyl (C=O) groups excluding carboxylic acids is 2. The molecule has 3 aromatic rings. The van der Waals surface area contributed by atoms with Gasteiger partial charge in [-0.2, -0.15) is 0 Å². The van der Waals surface area contributed by atoms with Gasteiger partial charge in [0.05, 0.1) is 35.9 Å². The molecule has 1 N–H and O–H groups in total. The average Bonchev–Trinajstić information content (AvgIpc) is 2.91. The molecule has 6 rings (SSSR count). The molecule has 2 aromatic carbocycles. The van der Waals surface area contributed by atoms with Crippen molar-refractivity contribution in [2.75, 3.05) is 17.7 Å². The smallest absolute Gasteiger partial charge is 0.234 e. The van der Waals surface area contributed by atoms with Crippen molar-refractivity contribution >= 4 is 40.0 Å². The Kier molecular flexibility index (Phi) is 6.57. The number of nitrogens with one attached hydrogen (secondary N) is 1. The van der Waals surface area contributed by atoms with Crippen LogP contribution in [0.2, 0.25) is 0 Å². The summed E-state index contributed by atoms with van der Waals surface area (Å²) in [6, 6.07) is 11.8. The number of rotatable bonds is 5. The lowest BCUT2D eigenvalue weighted by Crippen LogP contribution is -2.32. The first-order chi connectivity index (χ1) is 17.9. The molecule has 1 atom stereocenters. The van der Waals surface area contributed by atoms with E-state index in [4.69, 9.17) is 9.47 Å². The molecule has 2 aliphatic heterocycles. The van der Waals surface area contributed by atoms with Gasteiger partial charge in [-0.05, 0) is 88.1 Å². The Morgan fingerprint density at radius 1 is 1.11 bits per heavy atom. The van der Waals surface area contributed by atoms with Crippen LogP contribution < -0.4 is 14.8 Å². The molecule has 3 heterocycles. The molecular formula is C30H32N2O4S. The molecule has 0 radical (unpaired) electrons. The highest BCUT2D eigenvalue weighted by molar-refractivity contribution is 8.00. The second kappa shape index (κ2) is 10.0. The van der Waals surface area contributed by atoms with Gasteiger partial charge >= 0.3 is 0 Å². The summed E-state index contributed by atoms with van der Waals surface area (Å²) in [5, 5.41) is 4.02. The maximum atomic E-state index is 13.3. The van der Waals surface area contributed by atoms with Crippen LogP contribution in [0.3, 0.4) is 0 Å². The number of amides is 1. The van der Waals surface area contributed by atoms with E-state index in [2.05, 4.69) is 16.4 Å². The number of carbonyl (C=O) groups is 2. The Morgan fingerprint density at radius 2 is 1.95 bits per heavy atom. The quantitative estimate of drug-likeness (QED) is 0.401. The molecule has 1 amide bonds. The molecule has 3 aliphatic rings. The van der Waals surface area contributed by atoms with Crippen LogP contribution in [0.15, 0.2) is 47.5 Å². The number of nitrogens with zero attached hydrogens (tertiary/aromatic N) is 1. The van der Waals surface area contributed by atoms with Gasteiger partial charge in [-0.15, -0.1) is 11.8 Å². The Balaban J connectivity index is 1.13. The van der Waals surface area contributed by atoms with Crippen LogP contribution in [0.1, 0.15) is 55.5 Å². The zero-order valence-electron chi connectivity index (χ0n) is 21.3. The normalized spacial score (nSPS) is 23.1. The molecule has 1 aromatic heterocycles. The predicted octanol–water partition coefficient (Wildman–Crippen LogP) is 6.31. The van der Waals surface area contributed by atoms with Crippen LogP contribution in [0.5, 0.6) is 11.5 Å². The van der Waals surface area contributed by atoms with Crippen molar-refractivity contribution in [3.8, 4) is 11.5 Å². The van der Waals surface area contributed by atoms with E-state index in [0.717, 1.165) is 65.1 Å². The molecule has 192 valence electrons. The first kappa shape index (κ1) is 24.3. The van der Waals surface area contributed by atoms with Crippen molar-refractivity contribution in [3.05, 3.63) is 53.7 Å². The Hall–Kier alpha value is -3.06. The van der Waals surface area contributed by atoms with Gasteiger partial charge in [0.15, 0.2) is 5.78 Å². The van der Waals surface area contributed by atoms with Gasteiger partial charge in [0.2, 0.25) is 5.91 Å². The Labute approximate surface area is 221 Å². The monoisotopic (exact) mass is 516 g/mol. The highest BCUT2D eigenvalue weighted by atomic mass is 32.2. The van der Waals surface area contributed by atoms with E-state index in [0.29, 0.717) is 29.8 Å². The van der Waals surface area contributed by atoms with Gasteiger partial charge < -0.3 is 14.8 Å². The number of aromatic nitrogens is 1. The molecule has 7 heteroatoms. The fourth-order valence-electron chi connectivity index (χ4n) is 6.03. The lowest BCUT2D eigenvalue weighted by Gasteiger charge is -2.36. The van der Waals surface area contributed by atoms with Crippen LogP contribution >= 0.6 is 11.8 Å². The summed E-state index contributed by atoms with van der Waals surface area (Å²) in [4.78, 5) is 30.7. The van der Waals surface area contributed by atoms with Crippen molar-refractivity contribution in [2.24, 2.45) is 17.8 Å². The first-order valence-electron chi connectivity index (χ1n) is 13.3. The molecular weight excluding hydrogens is 484 g/mol. The van der Waals surface area contributed by atoms with Gasteiger partial charge in [-0.3, -0.25) is 14.6 Å². The summed E-state index contributed by atoms with van der Waals surface area (Å²) in [5.41, 5.74) is 3.66. The SMILES string of the molecule is CC(C)Oc1ccc2ncc3c(c2c1)CC(C1CCC(C(=O)c2ccc4c(c2)NC(=O)CS4)CC1)CO3. The van der Waals surface area contributed by atoms with Crippen LogP contribution in [0.4, 0.5) is 5.69 Å². The minimum absolute atomic E-state index is 0.00823. The molecule has 0 spiro atoms. The standard InChI is InChI=1S/C30H32N2O4S/c1-17(2)36-22-8-9-25-23(13-22)24-11-21(15-35-27(24)14-31-25)18-3-5-19(6-4-18)30(34)20-7-10-28-26(12-20)32-29(33)16-37-28/h7-10,12-14,17-19,21H,3-6,11,15-16H2,1-2H3,(H,32,33). The number of hydrogen-bond donors (Lipinski definition) is 1. The number of ether oxygens (including phenoxy) is 2. The first-order valence-corrected chi connectivity index (χ1v) is 14.2. The molecule has 37 heavy (non-hydrogen) atoms. The fraction of sp³-hybridized carbons (Fsp3) is 0.433. The summed E-state index contributed by atoms with van der Waals surface area (Å²) >= 11 is 1.52. The largest absolute Gasteiger partial charge is 0.491 e. The number of hydrogen-bond acceptors (Lipinski definition) is 6. The maximum Gasteiger partial charge on any atom is 0.234 e. The summed E-state index contributed by atoms with van der Waals surface area (Å²) in [6.45, 7) is 4.77. The molecule has 0 bridgehead atoms. The topological polar surface area (TPSA) is 77.5 Å². The van der Waals surface area contributed by atoms with Crippen molar-refractivity contribution in [1.82, 2.24) is 4.98 Å². The summed E-state index contributed by atoms with van der Waals surface area (Å²) < 4.78 is 12.2. The van der Waals surface area contributed by atoms with Crippen molar-refractivity contribution in [1.29, 1.82) is 0 Å². The number of anilines is 1. The zero-order valence-corrected chi connectivity index (χ0v) is 22.1. The summed E-state index contributed by atoms with van der Waals surface area (Å²) in [6.07, 6.45) is 6.79. The minimum Gasteiger partial charge on any atom is -0.491 e. The van der Waals surface area contributed by atoms with Crippen LogP contribution in [-0.4, -0.2) is 35.1 Å². The molecule has 1 unspecified atom stereocenters. The van der Waals surface area contributed by atoms with Crippen LogP contribution in [0.25, 0.3) is 10.9 Å². The van der Waals surface area contributed by atoms with E-state index in [9.17, 15) is 9.59 Å². The third kappa shape index (κ3) is 4.93. The number of ketones is 1. The average molecular weight is 517 g/mol. The van der Waals surface area contributed by atoms with E-state index in [1.807, 2.05) is 50.4 Å². The molecule has 1 aliphatic carbocycles. The molecule has 6 nitrogen and oxygen atoms in total. The van der Waals surface area contributed by atoms with E-state index in [1.54, 1.807) is 0 Å². The van der Waals surface area contributed by atoms with Crippen molar-refractivity contribution in [2.45, 2.75) is 57.0 Å². The van der Waals surface area contributed by atoms with Crippen molar-refractivity contribution < 1.29 is 19.1 Å². The number of fused-ring (bicyclic) bond motifs is 4. The highest BCUT2D eigenvalue weighted by Crippen LogP contribution is 2.42. The molecule has 1 saturated carbocycles. The van der Waals surface area contributed by atoms with Crippen molar-refractivity contribution in [3.63, 3.8) is 0 Å². The second-order valence-corrected chi connectivity index (χ2v) is 11.8. The number of Topliss-reactive ketones (excluding diaryl/α,β-unsaturated/α-hetero) is 1. The van der Waals surface area contributed by atoms with E-state index in [-0.39, 0.29) is 23.7 Å². The zero-order chi connectivity index (χ0) is 25.5. The number of thioether (sulfide) groups is 1. The highest BCUT2D eigenvalue weighted by Gasteiger charge is 2.34.